The molecule has 17 heavy (non-hydrogen) atoms. The first kappa shape index (κ1) is 14.7. The van der Waals surface area contributed by atoms with Crippen LogP contribution >= 0.6 is 11.3 Å². The van der Waals surface area contributed by atoms with E-state index in [-0.39, 0.29) is 0 Å². The molecule has 0 radical (unpaired) electrons. The fraction of sp³-hybridized carbons (Fsp3) is 0.714. The van der Waals surface area contributed by atoms with Gasteiger partial charge in [0.15, 0.2) is 0 Å². The lowest BCUT2D eigenvalue weighted by Crippen LogP contribution is -2.24. The normalized spacial score (nSPS) is 13.5. The molecule has 0 aliphatic carbocycles. The number of hydrogen-bond acceptors (Lipinski definition) is 3. The molecule has 0 aliphatic heterocycles. The van der Waals surface area contributed by atoms with Gasteiger partial charge in [-0.2, -0.15) is 0 Å². The molecule has 0 bridgehead atoms. The Balaban J connectivity index is 2.24. The standard InChI is InChI=1S/C14H26N2S/c1-12(2)9-13(10-15)6-7-16(3)11-14-5-4-8-17-14/h4-5,8,12-13H,6-7,9-11,15H2,1-3H3. The summed E-state index contributed by atoms with van der Waals surface area (Å²) in [5, 5.41) is 2.14. The molecule has 0 spiro atoms. The first-order valence-electron chi connectivity index (χ1n) is 6.52. The van der Waals surface area contributed by atoms with Crippen molar-refractivity contribution in [2.24, 2.45) is 17.6 Å². The second-order valence-corrected chi connectivity index (χ2v) is 6.37. The van der Waals surface area contributed by atoms with Gasteiger partial charge in [0.25, 0.3) is 0 Å². The molecular weight excluding hydrogens is 228 g/mol. The maximum atomic E-state index is 5.83. The number of nitrogens with two attached hydrogens (primary N) is 1. The van der Waals surface area contributed by atoms with Crippen molar-refractivity contribution in [3.63, 3.8) is 0 Å². The number of thiophene rings is 1. The molecule has 0 fully saturated rings. The summed E-state index contributed by atoms with van der Waals surface area (Å²) in [6, 6.07) is 4.32. The van der Waals surface area contributed by atoms with Crippen LogP contribution in [-0.2, 0) is 6.54 Å². The molecule has 1 rings (SSSR count). The molecule has 1 unspecified atom stereocenters. The van der Waals surface area contributed by atoms with Gasteiger partial charge in [-0.25, -0.2) is 0 Å². The number of rotatable bonds is 8. The highest BCUT2D eigenvalue weighted by Gasteiger charge is 2.10. The van der Waals surface area contributed by atoms with Gasteiger partial charge in [0.05, 0.1) is 0 Å². The van der Waals surface area contributed by atoms with E-state index in [9.17, 15) is 0 Å². The van der Waals surface area contributed by atoms with Crippen molar-refractivity contribution < 1.29 is 0 Å². The van der Waals surface area contributed by atoms with Gasteiger partial charge >= 0.3 is 0 Å². The van der Waals surface area contributed by atoms with Crippen LogP contribution in [0.15, 0.2) is 17.5 Å². The Morgan fingerprint density at radius 1 is 1.41 bits per heavy atom. The van der Waals surface area contributed by atoms with E-state index in [2.05, 4.69) is 43.3 Å². The van der Waals surface area contributed by atoms with Crippen molar-refractivity contribution in [3.8, 4) is 0 Å². The van der Waals surface area contributed by atoms with Crippen molar-refractivity contribution in [2.45, 2.75) is 33.2 Å². The third-order valence-corrected chi connectivity index (χ3v) is 3.92. The van der Waals surface area contributed by atoms with Crippen LogP contribution in [0.5, 0.6) is 0 Å². The highest BCUT2D eigenvalue weighted by atomic mass is 32.1. The summed E-state index contributed by atoms with van der Waals surface area (Å²) in [7, 11) is 2.20. The summed E-state index contributed by atoms with van der Waals surface area (Å²) >= 11 is 1.84. The summed E-state index contributed by atoms with van der Waals surface area (Å²) in [6.07, 6.45) is 2.47. The Bertz CT molecular complexity index is 282. The average molecular weight is 254 g/mol. The Morgan fingerprint density at radius 3 is 2.71 bits per heavy atom. The molecule has 0 saturated heterocycles. The average Bonchev–Trinajstić information content (AvgIpc) is 2.76. The first-order valence-corrected chi connectivity index (χ1v) is 7.40. The minimum absolute atomic E-state index is 0.681. The highest BCUT2D eigenvalue weighted by Crippen LogP contribution is 2.16. The van der Waals surface area contributed by atoms with Crippen molar-refractivity contribution in [1.82, 2.24) is 4.90 Å². The highest BCUT2D eigenvalue weighted by molar-refractivity contribution is 7.09. The number of nitrogens with zero attached hydrogens (tertiary/aromatic N) is 1. The van der Waals surface area contributed by atoms with E-state index in [1.165, 1.54) is 17.7 Å². The van der Waals surface area contributed by atoms with Crippen molar-refractivity contribution in [3.05, 3.63) is 22.4 Å². The number of hydrogen-bond donors (Lipinski definition) is 1. The second kappa shape index (κ2) is 7.85. The Morgan fingerprint density at radius 2 is 2.18 bits per heavy atom. The summed E-state index contributed by atoms with van der Waals surface area (Å²) < 4.78 is 0. The molecule has 1 heterocycles. The molecule has 0 amide bonds. The topological polar surface area (TPSA) is 29.3 Å². The zero-order valence-electron chi connectivity index (χ0n) is 11.4. The van der Waals surface area contributed by atoms with Gasteiger partial charge in [-0.15, -0.1) is 11.3 Å². The second-order valence-electron chi connectivity index (χ2n) is 5.34. The third kappa shape index (κ3) is 6.20. The van der Waals surface area contributed by atoms with Gasteiger partial charge in [-0.3, -0.25) is 0 Å². The molecule has 0 aliphatic rings. The molecule has 1 aromatic rings. The van der Waals surface area contributed by atoms with Crippen LogP contribution in [0.1, 0.15) is 31.6 Å². The molecule has 0 saturated carbocycles. The SMILES string of the molecule is CC(C)CC(CN)CCN(C)Cc1cccs1. The molecule has 1 aromatic heterocycles. The van der Waals surface area contributed by atoms with E-state index >= 15 is 0 Å². The van der Waals surface area contributed by atoms with Crippen LogP contribution in [0, 0.1) is 11.8 Å². The summed E-state index contributed by atoms with van der Waals surface area (Å²) in [5.74, 6) is 1.44. The fourth-order valence-electron chi connectivity index (χ4n) is 2.15. The third-order valence-electron chi connectivity index (χ3n) is 3.06. The van der Waals surface area contributed by atoms with Crippen LogP contribution in [-0.4, -0.2) is 25.0 Å². The van der Waals surface area contributed by atoms with Crippen LogP contribution in [0.4, 0.5) is 0 Å². The van der Waals surface area contributed by atoms with Gasteiger partial charge in [0, 0.05) is 11.4 Å². The summed E-state index contributed by atoms with van der Waals surface area (Å²) in [6.45, 7) is 7.59. The molecule has 1 atom stereocenters. The van der Waals surface area contributed by atoms with Gasteiger partial charge in [0.2, 0.25) is 0 Å². The monoisotopic (exact) mass is 254 g/mol. The fourth-order valence-corrected chi connectivity index (χ4v) is 2.93. The molecule has 2 nitrogen and oxygen atoms in total. The molecule has 0 aromatic carbocycles. The lowest BCUT2D eigenvalue weighted by Gasteiger charge is -2.21. The largest absolute Gasteiger partial charge is 0.330 e. The van der Waals surface area contributed by atoms with Crippen LogP contribution in [0.25, 0.3) is 0 Å². The first-order chi connectivity index (χ1) is 8.11. The Hall–Kier alpha value is -0.380. The predicted octanol–water partition coefficient (Wildman–Crippen LogP) is 3.19. The molecule has 3 heteroatoms. The van der Waals surface area contributed by atoms with Crippen LogP contribution in [0.2, 0.25) is 0 Å². The Kier molecular flexibility index (Phi) is 6.78. The minimum atomic E-state index is 0.681. The van der Waals surface area contributed by atoms with E-state index in [4.69, 9.17) is 5.73 Å². The minimum Gasteiger partial charge on any atom is -0.330 e. The van der Waals surface area contributed by atoms with Gasteiger partial charge in [-0.05, 0) is 56.3 Å². The van der Waals surface area contributed by atoms with E-state index in [1.807, 2.05) is 11.3 Å². The van der Waals surface area contributed by atoms with Gasteiger partial charge in [-0.1, -0.05) is 19.9 Å². The van der Waals surface area contributed by atoms with Gasteiger partial charge < -0.3 is 10.6 Å². The van der Waals surface area contributed by atoms with Crippen LogP contribution < -0.4 is 5.73 Å². The lowest BCUT2D eigenvalue weighted by atomic mass is 9.94. The maximum Gasteiger partial charge on any atom is 0.0324 e. The maximum absolute atomic E-state index is 5.83. The zero-order valence-corrected chi connectivity index (χ0v) is 12.2. The smallest absolute Gasteiger partial charge is 0.0324 e. The van der Waals surface area contributed by atoms with E-state index in [0.717, 1.165) is 25.6 Å². The molecule has 2 N–H and O–H groups in total. The zero-order chi connectivity index (χ0) is 12.7. The van der Waals surface area contributed by atoms with Crippen molar-refractivity contribution >= 4 is 11.3 Å². The summed E-state index contributed by atoms with van der Waals surface area (Å²) in [4.78, 5) is 3.84. The Labute approximate surface area is 110 Å². The van der Waals surface area contributed by atoms with E-state index in [0.29, 0.717) is 5.92 Å². The van der Waals surface area contributed by atoms with Crippen LogP contribution in [0.3, 0.4) is 0 Å². The van der Waals surface area contributed by atoms with Crippen molar-refractivity contribution in [1.29, 1.82) is 0 Å². The van der Waals surface area contributed by atoms with Crippen molar-refractivity contribution in [2.75, 3.05) is 20.1 Å². The predicted molar refractivity (Wildman–Crippen MR) is 77.3 cm³/mol. The lowest BCUT2D eigenvalue weighted by molar-refractivity contribution is 0.280. The van der Waals surface area contributed by atoms with E-state index in [1.54, 1.807) is 0 Å². The summed E-state index contributed by atoms with van der Waals surface area (Å²) in [5.41, 5.74) is 5.83. The quantitative estimate of drug-likeness (QED) is 0.772. The van der Waals surface area contributed by atoms with Gasteiger partial charge in [0.1, 0.15) is 0 Å². The van der Waals surface area contributed by atoms with E-state index < -0.39 is 0 Å². The molecular formula is C14H26N2S. The molecule has 98 valence electrons.